The zero-order chi connectivity index (χ0) is 17.6. The van der Waals surface area contributed by atoms with Gasteiger partial charge in [-0.2, -0.15) is 0 Å². The van der Waals surface area contributed by atoms with Crippen molar-refractivity contribution in [2.75, 3.05) is 11.4 Å². The Morgan fingerprint density at radius 2 is 1.96 bits per heavy atom. The smallest absolute Gasteiger partial charge is 0.329 e. The summed E-state index contributed by atoms with van der Waals surface area (Å²) in [5.74, 6) is -1.14. The molecule has 2 saturated heterocycles. The number of nitrogens with zero attached hydrogens (tertiary/aromatic N) is 2. The number of anilines is 1. The molecule has 2 aliphatic rings. The number of thiophene rings is 1. The molecule has 2 unspecified atom stereocenters. The summed E-state index contributed by atoms with van der Waals surface area (Å²) in [6.07, 6.45) is 0.524. The zero-order valence-electron chi connectivity index (χ0n) is 13.0. The summed E-state index contributed by atoms with van der Waals surface area (Å²) in [5, 5.41) is 4.59. The first kappa shape index (κ1) is 15.8. The Bertz CT molecular complexity index is 837. The van der Waals surface area contributed by atoms with Crippen LogP contribution in [0.15, 0.2) is 41.8 Å². The van der Waals surface area contributed by atoms with Gasteiger partial charge >= 0.3 is 6.03 Å². The molecule has 0 saturated carbocycles. The van der Waals surface area contributed by atoms with Gasteiger partial charge in [0.15, 0.2) is 0 Å². The fraction of sp³-hybridized carbons (Fsp3) is 0.235. The van der Waals surface area contributed by atoms with Gasteiger partial charge in [0.05, 0.1) is 16.6 Å². The van der Waals surface area contributed by atoms with Crippen molar-refractivity contribution in [1.29, 1.82) is 0 Å². The molecule has 25 heavy (non-hydrogen) atoms. The first-order chi connectivity index (χ1) is 12.1. The number of carbonyl (C=O) groups excluding carboxylic acids is 3. The van der Waals surface area contributed by atoms with Crippen LogP contribution in [0.5, 0.6) is 0 Å². The first-order valence-electron chi connectivity index (χ1n) is 7.81. The van der Waals surface area contributed by atoms with E-state index in [0.717, 1.165) is 4.90 Å². The second-order valence-electron chi connectivity index (χ2n) is 5.92. The third-order valence-electron chi connectivity index (χ3n) is 4.46. The van der Waals surface area contributed by atoms with Crippen molar-refractivity contribution in [2.45, 2.75) is 18.5 Å². The number of amides is 4. The number of imide groups is 1. The van der Waals surface area contributed by atoms with Gasteiger partial charge in [0, 0.05) is 6.54 Å². The molecule has 1 aromatic heterocycles. The lowest BCUT2D eigenvalue weighted by molar-refractivity contribution is -0.122. The molecule has 2 aliphatic heterocycles. The Morgan fingerprint density at radius 1 is 1.20 bits per heavy atom. The van der Waals surface area contributed by atoms with Crippen molar-refractivity contribution in [3.05, 3.63) is 52.5 Å². The summed E-state index contributed by atoms with van der Waals surface area (Å²) in [6, 6.07) is 6.89. The van der Waals surface area contributed by atoms with E-state index in [2.05, 4.69) is 5.32 Å². The van der Waals surface area contributed by atoms with Crippen LogP contribution in [0.3, 0.4) is 0 Å². The SMILES string of the molecule is O=C1NC2CCN(C(=O)c3cccs3)C2C(=O)N1c1ccc(F)cc1. The van der Waals surface area contributed by atoms with Crippen molar-refractivity contribution >= 4 is 34.9 Å². The second kappa shape index (κ2) is 5.96. The molecule has 4 rings (SSSR count). The van der Waals surface area contributed by atoms with Gasteiger partial charge in [0.25, 0.3) is 11.8 Å². The molecule has 128 valence electrons. The average Bonchev–Trinajstić information content (AvgIpc) is 3.25. The Balaban J connectivity index is 1.65. The van der Waals surface area contributed by atoms with E-state index in [1.165, 1.54) is 40.5 Å². The fourth-order valence-electron chi connectivity index (χ4n) is 3.31. The van der Waals surface area contributed by atoms with Gasteiger partial charge in [0.2, 0.25) is 0 Å². The van der Waals surface area contributed by atoms with E-state index in [9.17, 15) is 18.8 Å². The molecule has 2 fully saturated rings. The molecule has 8 heteroatoms. The molecule has 2 atom stereocenters. The number of benzene rings is 1. The van der Waals surface area contributed by atoms with E-state index in [1.54, 1.807) is 17.5 Å². The van der Waals surface area contributed by atoms with Gasteiger partial charge in [-0.15, -0.1) is 11.3 Å². The van der Waals surface area contributed by atoms with Gasteiger partial charge in [-0.1, -0.05) is 6.07 Å². The average molecular weight is 359 g/mol. The van der Waals surface area contributed by atoms with Crippen LogP contribution < -0.4 is 10.2 Å². The number of hydrogen-bond donors (Lipinski definition) is 1. The number of urea groups is 1. The molecule has 1 aromatic carbocycles. The molecular weight excluding hydrogens is 345 g/mol. The molecule has 0 spiro atoms. The van der Waals surface area contributed by atoms with E-state index in [1.807, 2.05) is 0 Å². The Labute approximate surface area is 146 Å². The topological polar surface area (TPSA) is 69.7 Å². The number of halogens is 1. The molecule has 6 nitrogen and oxygen atoms in total. The maximum atomic E-state index is 13.1. The number of rotatable bonds is 2. The molecular formula is C17H14FN3O3S. The van der Waals surface area contributed by atoms with Gasteiger partial charge in [-0.05, 0) is 42.1 Å². The van der Waals surface area contributed by atoms with Crippen LogP contribution in [0.4, 0.5) is 14.9 Å². The number of likely N-dealkylation sites (tertiary alicyclic amines) is 1. The lowest BCUT2D eigenvalue weighted by Gasteiger charge is -2.36. The maximum Gasteiger partial charge on any atom is 0.329 e. The van der Waals surface area contributed by atoms with Gasteiger partial charge in [-0.3, -0.25) is 9.59 Å². The van der Waals surface area contributed by atoms with Gasteiger partial charge in [0.1, 0.15) is 11.9 Å². The van der Waals surface area contributed by atoms with Crippen LogP contribution >= 0.6 is 11.3 Å². The molecule has 3 heterocycles. The molecule has 0 bridgehead atoms. The molecule has 0 radical (unpaired) electrons. The van der Waals surface area contributed by atoms with Crippen LogP contribution in [0.2, 0.25) is 0 Å². The molecule has 0 aliphatic carbocycles. The fourth-order valence-corrected chi connectivity index (χ4v) is 3.99. The minimum atomic E-state index is -0.752. The van der Waals surface area contributed by atoms with Crippen LogP contribution in [-0.4, -0.2) is 41.4 Å². The number of fused-ring (bicyclic) bond motifs is 1. The maximum absolute atomic E-state index is 13.1. The summed E-state index contributed by atoms with van der Waals surface area (Å²) in [4.78, 5) is 41.0. The quantitative estimate of drug-likeness (QED) is 0.894. The van der Waals surface area contributed by atoms with Crippen molar-refractivity contribution in [3.8, 4) is 0 Å². The van der Waals surface area contributed by atoms with Crippen molar-refractivity contribution in [3.63, 3.8) is 0 Å². The van der Waals surface area contributed by atoms with E-state index < -0.39 is 29.8 Å². The summed E-state index contributed by atoms with van der Waals surface area (Å²) in [6.45, 7) is 0.398. The lowest BCUT2D eigenvalue weighted by Crippen LogP contribution is -2.65. The third kappa shape index (κ3) is 2.58. The largest absolute Gasteiger partial charge is 0.332 e. The van der Waals surface area contributed by atoms with Crippen LogP contribution in [-0.2, 0) is 4.79 Å². The summed E-state index contributed by atoms with van der Waals surface area (Å²) >= 11 is 1.31. The Morgan fingerprint density at radius 3 is 2.64 bits per heavy atom. The predicted octanol–water partition coefficient (Wildman–Crippen LogP) is 2.23. The number of hydrogen-bond acceptors (Lipinski definition) is 4. The highest BCUT2D eigenvalue weighted by Crippen LogP contribution is 2.29. The minimum absolute atomic E-state index is 0.217. The Kier molecular flexibility index (Phi) is 3.76. The van der Waals surface area contributed by atoms with E-state index in [0.29, 0.717) is 17.8 Å². The van der Waals surface area contributed by atoms with E-state index >= 15 is 0 Å². The summed E-state index contributed by atoms with van der Waals surface area (Å²) in [5.41, 5.74) is 0.276. The van der Waals surface area contributed by atoms with Gasteiger partial charge in [-0.25, -0.2) is 14.1 Å². The summed E-state index contributed by atoms with van der Waals surface area (Å²) in [7, 11) is 0. The molecule has 4 amide bonds. The van der Waals surface area contributed by atoms with E-state index in [-0.39, 0.29) is 11.6 Å². The van der Waals surface area contributed by atoms with Crippen LogP contribution in [0.25, 0.3) is 0 Å². The normalized spacial score (nSPS) is 22.8. The second-order valence-corrected chi connectivity index (χ2v) is 6.86. The molecule has 1 N–H and O–H groups in total. The third-order valence-corrected chi connectivity index (χ3v) is 5.32. The van der Waals surface area contributed by atoms with E-state index in [4.69, 9.17) is 0 Å². The van der Waals surface area contributed by atoms with Crippen molar-refractivity contribution < 1.29 is 18.8 Å². The highest BCUT2D eigenvalue weighted by molar-refractivity contribution is 7.12. The standard InChI is InChI=1S/C17H14FN3O3S/c18-10-3-5-11(6-4-10)21-16(23)14-12(19-17(21)24)7-8-20(14)15(22)13-2-1-9-25-13/h1-6,9,12,14H,7-8H2,(H,19,24). The monoisotopic (exact) mass is 359 g/mol. The highest BCUT2D eigenvalue weighted by atomic mass is 32.1. The highest BCUT2D eigenvalue weighted by Gasteiger charge is 2.50. The van der Waals surface area contributed by atoms with Crippen molar-refractivity contribution in [1.82, 2.24) is 10.2 Å². The predicted molar refractivity (Wildman–Crippen MR) is 90.0 cm³/mol. The van der Waals surface area contributed by atoms with Crippen LogP contribution in [0.1, 0.15) is 16.1 Å². The van der Waals surface area contributed by atoms with Gasteiger partial charge < -0.3 is 10.2 Å². The first-order valence-corrected chi connectivity index (χ1v) is 8.69. The molecule has 2 aromatic rings. The number of carbonyl (C=O) groups is 3. The zero-order valence-corrected chi connectivity index (χ0v) is 13.8. The Hall–Kier alpha value is -2.74. The minimum Gasteiger partial charge on any atom is -0.332 e. The lowest BCUT2D eigenvalue weighted by atomic mass is 10.0. The van der Waals surface area contributed by atoms with Crippen LogP contribution in [0, 0.1) is 5.82 Å². The van der Waals surface area contributed by atoms with Crippen molar-refractivity contribution in [2.24, 2.45) is 0 Å². The number of nitrogens with one attached hydrogen (secondary N) is 1. The summed E-state index contributed by atoms with van der Waals surface area (Å²) < 4.78 is 13.1.